The van der Waals surface area contributed by atoms with Gasteiger partial charge in [0.2, 0.25) is 5.76 Å². The van der Waals surface area contributed by atoms with E-state index in [9.17, 15) is 4.79 Å². The van der Waals surface area contributed by atoms with Gasteiger partial charge in [-0.05, 0) is 17.7 Å². The van der Waals surface area contributed by atoms with Gasteiger partial charge >= 0.3 is 0 Å². The van der Waals surface area contributed by atoms with Crippen molar-refractivity contribution in [3.05, 3.63) is 77.3 Å². The predicted octanol–water partition coefficient (Wildman–Crippen LogP) is 3.93. The Bertz CT molecular complexity index is 767. The highest BCUT2D eigenvalue weighted by Crippen LogP contribution is 2.21. The lowest BCUT2D eigenvalue weighted by Gasteiger charge is -2.05. The summed E-state index contributed by atoms with van der Waals surface area (Å²) in [5.74, 6) is -0.0912. The van der Waals surface area contributed by atoms with Gasteiger partial charge in [0.05, 0.1) is 0 Å². The molecule has 0 radical (unpaired) electrons. The molecule has 0 unspecified atom stereocenters. The number of hydrogen-bond donors (Lipinski definition) is 1. The van der Waals surface area contributed by atoms with Crippen LogP contribution in [0.3, 0.4) is 0 Å². The normalized spacial score (nSPS) is 10.4. The maximum absolute atomic E-state index is 12.3. The van der Waals surface area contributed by atoms with Crippen LogP contribution in [-0.4, -0.2) is 10.9 Å². The first-order valence-electron chi connectivity index (χ1n) is 6.75. The number of carbonyl (C=O) groups is 1. The van der Waals surface area contributed by atoms with E-state index in [1.165, 1.54) is 6.39 Å². The van der Waals surface area contributed by atoms with Gasteiger partial charge in [0.1, 0.15) is 5.69 Å². The Morgan fingerprint density at radius 2 is 1.82 bits per heavy atom. The summed E-state index contributed by atoms with van der Waals surface area (Å²) in [6.45, 7) is 0.394. The fourth-order valence-corrected chi connectivity index (χ4v) is 2.20. The molecule has 2 aromatic carbocycles. The second-order valence-electron chi connectivity index (χ2n) is 4.71. The summed E-state index contributed by atoms with van der Waals surface area (Å²) in [4.78, 5) is 16.4. The summed E-state index contributed by atoms with van der Waals surface area (Å²) in [7, 11) is 0. The molecule has 0 spiro atoms. The first kappa shape index (κ1) is 14.4. The maximum atomic E-state index is 12.3. The van der Waals surface area contributed by atoms with Crippen molar-refractivity contribution in [2.75, 3.05) is 0 Å². The Morgan fingerprint density at radius 1 is 1.09 bits per heavy atom. The smallest absolute Gasteiger partial charge is 0.289 e. The van der Waals surface area contributed by atoms with Gasteiger partial charge in [-0.1, -0.05) is 54.1 Å². The molecule has 5 heteroatoms. The molecular weight excluding hydrogens is 300 g/mol. The second-order valence-corrected chi connectivity index (χ2v) is 5.14. The van der Waals surface area contributed by atoms with Crippen molar-refractivity contribution >= 4 is 17.5 Å². The molecule has 1 aromatic heterocycles. The Labute approximate surface area is 132 Å². The first-order chi connectivity index (χ1) is 10.7. The third-order valence-electron chi connectivity index (χ3n) is 3.19. The monoisotopic (exact) mass is 312 g/mol. The molecule has 0 aliphatic carbocycles. The molecule has 0 saturated carbocycles. The molecule has 0 bridgehead atoms. The summed E-state index contributed by atoms with van der Waals surface area (Å²) >= 11 is 5.83. The molecule has 0 aliphatic rings. The lowest BCUT2D eigenvalue weighted by Crippen LogP contribution is -2.22. The van der Waals surface area contributed by atoms with Gasteiger partial charge in [0, 0.05) is 17.1 Å². The minimum Gasteiger partial charge on any atom is -0.438 e. The van der Waals surface area contributed by atoms with Gasteiger partial charge in [0.15, 0.2) is 6.39 Å². The van der Waals surface area contributed by atoms with Crippen LogP contribution in [0.4, 0.5) is 0 Å². The molecule has 110 valence electrons. The molecule has 0 saturated heterocycles. The molecule has 0 atom stereocenters. The fourth-order valence-electron chi connectivity index (χ4n) is 2.07. The average molecular weight is 313 g/mol. The topological polar surface area (TPSA) is 55.1 Å². The number of rotatable bonds is 4. The largest absolute Gasteiger partial charge is 0.438 e. The van der Waals surface area contributed by atoms with Gasteiger partial charge in [-0.3, -0.25) is 4.79 Å². The van der Waals surface area contributed by atoms with Crippen LogP contribution in [0, 0.1) is 0 Å². The van der Waals surface area contributed by atoms with Gasteiger partial charge in [0.25, 0.3) is 5.91 Å². The van der Waals surface area contributed by atoms with Crippen molar-refractivity contribution in [1.29, 1.82) is 0 Å². The highest BCUT2D eigenvalue weighted by atomic mass is 35.5. The molecule has 0 fully saturated rings. The van der Waals surface area contributed by atoms with Crippen LogP contribution >= 0.6 is 11.6 Å². The highest BCUT2D eigenvalue weighted by molar-refractivity contribution is 6.30. The minimum atomic E-state index is -0.300. The zero-order valence-electron chi connectivity index (χ0n) is 11.6. The zero-order chi connectivity index (χ0) is 15.4. The maximum Gasteiger partial charge on any atom is 0.289 e. The molecule has 3 aromatic rings. The van der Waals surface area contributed by atoms with E-state index in [-0.39, 0.29) is 11.7 Å². The first-order valence-corrected chi connectivity index (χ1v) is 7.13. The average Bonchev–Trinajstić information content (AvgIpc) is 3.04. The number of halogens is 1. The van der Waals surface area contributed by atoms with Gasteiger partial charge in [-0.15, -0.1) is 0 Å². The van der Waals surface area contributed by atoms with Gasteiger partial charge in [-0.25, -0.2) is 4.98 Å². The molecule has 0 aliphatic heterocycles. The van der Waals surface area contributed by atoms with E-state index in [1.807, 2.05) is 42.5 Å². The Kier molecular flexibility index (Phi) is 4.21. The molecule has 1 heterocycles. The summed E-state index contributed by atoms with van der Waals surface area (Å²) in [6, 6.07) is 16.7. The van der Waals surface area contributed by atoms with Gasteiger partial charge < -0.3 is 9.73 Å². The van der Waals surface area contributed by atoms with Crippen molar-refractivity contribution in [3.63, 3.8) is 0 Å². The van der Waals surface area contributed by atoms with E-state index in [4.69, 9.17) is 16.0 Å². The van der Waals surface area contributed by atoms with Crippen molar-refractivity contribution in [1.82, 2.24) is 10.3 Å². The van der Waals surface area contributed by atoms with Crippen molar-refractivity contribution in [3.8, 4) is 11.3 Å². The predicted molar refractivity (Wildman–Crippen MR) is 84.6 cm³/mol. The van der Waals surface area contributed by atoms with Crippen LogP contribution in [0.5, 0.6) is 0 Å². The standard InChI is InChI=1S/C17H13ClN2O2/c18-14-8-6-12(7-9-14)10-19-17(21)16-15(20-11-22-16)13-4-2-1-3-5-13/h1-9,11H,10H2,(H,19,21). The Morgan fingerprint density at radius 3 is 2.55 bits per heavy atom. The fraction of sp³-hybridized carbons (Fsp3) is 0.0588. The quantitative estimate of drug-likeness (QED) is 0.794. The lowest BCUT2D eigenvalue weighted by molar-refractivity contribution is 0.0924. The summed E-state index contributed by atoms with van der Waals surface area (Å²) in [6.07, 6.45) is 1.28. The van der Waals surface area contributed by atoms with Crippen LogP contribution in [0.2, 0.25) is 5.02 Å². The van der Waals surface area contributed by atoms with Crippen LogP contribution in [0.15, 0.2) is 65.4 Å². The number of carbonyl (C=O) groups excluding carboxylic acids is 1. The number of nitrogens with one attached hydrogen (secondary N) is 1. The zero-order valence-corrected chi connectivity index (χ0v) is 12.4. The number of oxazole rings is 1. The van der Waals surface area contributed by atoms with E-state index in [2.05, 4.69) is 10.3 Å². The number of hydrogen-bond acceptors (Lipinski definition) is 3. The van der Waals surface area contributed by atoms with Crippen LogP contribution < -0.4 is 5.32 Å². The Hall–Kier alpha value is -2.59. The SMILES string of the molecule is O=C(NCc1ccc(Cl)cc1)c1ocnc1-c1ccccc1. The lowest BCUT2D eigenvalue weighted by atomic mass is 10.1. The molecule has 4 nitrogen and oxygen atoms in total. The third-order valence-corrected chi connectivity index (χ3v) is 3.44. The molecule has 1 amide bonds. The second kappa shape index (κ2) is 6.45. The molecule has 3 rings (SSSR count). The van der Waals surface area contributed by atoms with Crippen LogP contribution in [0.1, 0.15) is 16.1 Å². The van der Waals surface area contributed by atoms with Crippen molar-refractivity contribution < 1.29 is 9.21 Å². The van der Waals surface area contributed by atoms with E-state index in [1.54, 1.807) is 12.1 Å². The number of benzene rings is 2. The van der Waals surface area contributed by atoms with E-state index >= 15 is 0 Å². The number of amides is 1. The van der Waals surface area contributed by atoms with Crippen LogP contribution in [0.25, 0.3) is 11.3 Å². The highest BCUT2D eigenvalue weighted by Gasteiger charge is 2.17. The van der Waals surface area contributed by atoms with Crippen molar-refractivity contribution in [2.45, 2.75) is 6.54 Å². The number of nitrogens with zero attached hydrogens (tertiary/aromatic N) is 1. The third kappa shape index (κ3) is 3.18. The number of aromatic nitrogens is 1. The minimum absolute atomic E-state index is 0.208. The van der Waals surface area contributed by atoms with Crippen LogP contribution in [-0.2, 0) is 6.54 Å². The molecule has 22 heavy (non-hydrogen) atoms. The van der Waals surface area contributed by atoms with Gasteiger partial charge in [-0.2, -0.15) is 0 Å². The summed E-state index contributed by atoms with van der Waals surface area (Å²) in [5, 5.41) is 3.48. The van der Waals surface area contributed by atoms with Crippen molar-refractivity contribution in [2.24, 2.45) is 0 Å². The van der Waals surface area contributed by atoms with E-state index in [0.29, 0.717) is 17.3 Å². The Balaban J connectivity index is 1.73. The summed E-state index contributed by atoms with van der Waals surface area (Å²) < 4.78 is 5.24. The summed E-state index contributed by atoms with van der Waals surface area (Å²) in [5.41, 5.74) is 2.33. The van der Waals surface area contributed by atoms with E-state index < -0.39 is 0 Å². The molecule has 1 N–H and O–H groups in total. The molecular formula is C17H13ClN2O2. The van der Waals surface area contributed by atoms with E-state index in [0.717, 1.165) is 11.1 Å².